The summed E-state index contributed by atoms with van der Waals surface area (Å²) in [6.07, 6.45) is 4.45. The van der Waals surface area contributed by atoms with Crippen LogP contribution >= 0.6 is 0 Å². The highest BCUT2D eigenvalue weighted by atomic mass is 28.4. The van der Waals surface area contributed by atoms with Crippen molar-refractivity contribution in [2.75, 3.05) is 13.2 Å². The van der Waals surface area contributed by atoms with Gasteiger partial charge < -0.3 is 18.6 Å². The molecule has 0 aromatic rings. The number of carbonyl (C=O) groups excluding carboxylic acids is 2. The number of fused-ring (bicyclic) bond motifs is 1. The number of nitrogens with zero attached hydrogens (tertiary/aromatic N) is 1. The van der Waals surface area contributed by atoms with Gasteiger partial charge in [0, 0.05) is 14.5 Å². The molecule has 0 aromatic carbocycles. The van der Waals surface area contributed by atoms with Crippen LogP contribution in [0.1, 0.15) is 34.1 Å². The molecule has 1 amide bonds. The third kappa shape index (κ3) is 6.48. The molecule has 2 rings (SSSR count). The van der Waals surface area contributed by atoms with Crippen molar-refractivity contribution >= 4 is 28.5 Å². The van der Waals surface area contributed by atoms with Crippen molar-refractivity contribution in [3.8, 4) is 0 Å². The molecule has 2 aliphatic rings. The molecule has 2 heterocycles. The van der Waals surface area contributed by atoms with Crippen molar-refractivity contribution in [3.63, 3.8) is 0 Å². The van der Waals surface area contributed by atoms with Gasteiger partial charge in [-0.15, -0.1) is 0 Å². The normalized spacial score (nSPS) is 23.7. The van der Waals surface area contributed by atoms with Crippen LogP contribution in [-0.2, 0) is 23.4 Å². The summed E-state index contributed by atoms with van der Waals surface area (Å²) in [5.41, 5.74) is 0.832. The van der Waals surface area contributed by atoms with Crippen molar-refractivity contribution in [3.05, 3.63) is 24.2 Å². The largest absolute Gasteiger partial charge is 0.473 e. The van der Waals surface area contributed by atoms with Crippen molar-refractivity contribution in [2.45, 2.75) is 96.1 Å². The molecule has 0 bridgehead atoms. The molecule has 0 unspecified atom stereocenters. The van der Waals surface area contributed by atoms with Gasteiger partial charge in [0.1, 0.15) is 6.04 Å². The first-order chi connectivity index (χ1) is 14.7. The van der Waals surface area contributed by atoms with E-state index in [2.05, 4.69) is 53.5 Å². The molecule has 0 saturated carbocycles. The number of rotatable bonds is 7. The predicted molar refractivity (Wildman–Crippen MR) is 131 cm³/mol. The Labute approximate surface area is 195 Å². The minimum Gasteiger partial charge on any atom is -0.473 e. The number of ether oxygens (including phenoxy) is 3. The highest BCUT2D eigenvalue weighted by Crippen LogP contribution is 2.41. The lowest BCUT2D eigenvalue weighted by Gasteiger charge is -2.41. The molecule has 7 nitrogen and oxygen atoms in total. The summed E-state index contributed by atoms with van der Waals surface area (Å²) < 4.78 is 23.2. The minimum atomic E-state index is -2.18. The summed E-state index contributed by atoms with van der Waals surface area (Å²) in [6.45, 7) is 19.9. The molecule has 0 aliphatic carbocycles. The van der Waals surface area contributed by atoms with E-state index in [-0.39, 0.29) is 11.6 Å². The molecule has 0 spiro atoms. The SMILES string of the molecule is CCOC(=O)[C@H]1CC2=COC=C[C@H](O[Si](C)(C)C(C)(C)C)[C@H]2N1C(=O)OCC[Si](C)(C)C. The Bertz CT molecular complexity index is 751. The third-order valence-electron chi connectivity index (χ3n) is 6.41. The number of likely N-dealkylation sites (tertiary alicyclic amines) is 1. The summed E-state index contributed by atoms with van der Waals surface area (Å²) in [7, 11) is -3.55. The second kappa shape index (κ2) is 10.1. The lowest BCUT2D eigenvalue weighted by Crippen LogP contribution is -2.54. The second-order valence-electron chi connectivity index (χ2n) is 11.2. The van der Waals surface area contributed by atoms with Crippen molar-refractivity contribution < 1.29 is 28.2 Å². The zero-order chi connectivity index (χ0) is 24.3. The van der Waals surface area contributed by atoms with Gasteiger partial charge in [-0.1, -0.05) is 40.4 Å². The van der Waals surface area contributed by atoms with Gasteiger partial charge in [0.2, 0.25) is 0 Å². The molecule has 32 heavy (non-hydrogen) atoms. The first-order valence-electron chi connectivity index (χ1n) is 11.5. The summed E-state index contributed by atoms with van der Waals surface area (Å²) in [4.78, 5) is 27.6. The molecule has 3 atom stereocenters. The van der Waals surface area contributed by atoms with Crippen LogP contribution in [0.2, 0.25) is 43.8 Å². The van der Waals surface area contributed by atoms with Crippen LogP contribution in [0.4, 0.5) is 4.79 Å². The summed E-state index contributed by atoms with van der Waals surface area (Å²) >= 11 is 0. The number of amides is 1. The highest BCUT2D eigenvalue weighted by Gasteiger charge is 2.51. The van der Waals surface area contributed by atoms with Gasteiger partial charge in [0.25, 0.3) is 0 Å². The number of carbonyl (C=O) groups is 2. The quantitative estimate of drug-likeness (QED) is 0.362. The van der Waals surface area contributed by atoms with Crippen LogP contribution in [0.15, 0.2) is 24.2 Å². The van der Waals surface area contributed by atoms with Crippen LogP contribution in [0.25, 0.3) is 0 Å². The minimum absolute atomic E-state index is 0.0142. The van der Waals surface area contributed by atoms with E-state index in [4.69, 9.17) is 18.6 Å². The van der Waals surface area contributed by atoms with Gasteiger partial charge in [-0.05, 0) is 42.7 Å². The average molecular weight is 484 g/mol. The number of hydrogen-bond acceptors (Lipinski definition) is 6. The Kier molecular flexibility index (Phi) is 8.44. The van der Waals surface area contributed by atoms with Crippen molar-refractivity contribution in [1.82, 2.24) is 4.90 Å². The molecule has 1 fully saturated rings. The maximum atomic E-state index is 13.3. The highest BCUT2D eigenvalue weighted by molar-refractivity contribution is 6.76. The van der Waals surface area contributed by atoms with Crippen LogP contribution in [0, 0.1) is 0 Å². The molecule has 0 aromatic heterocycles. The fourth-order valence-corrected chi connectivity index (χ4v) is 5.43. The van der Waals surface area contributed by atoms with Gasteiger partial charge in [-0.25, -0.2) is 9.59 Å². The lowest BCUT2D eigenvalue weighted by molar-refractivity contribution is -0.148. The first kappa shape index (κ1) is 26.7. The molecular formula is C23H41NO6Si2. The van der Waals surface area contributed by atoms with Crippen molar-refractivity contribution in [2.24, 2.45) is 0 Å². The predicted octanol–water partition coefficient (Wildman–Crippen LogP) is 5.29. The van der Waals surface area contributed by atoms with Crippen LogP contribution in [0.3, 0.4) is 0 Å². The summed E-state index contributed by atoms with van der Waals surface area (Å²) in [6, 6.07) is -0.375. The van der Waals surface area contributed by atoms with E-state index < -0.39 is 46.6 Å². The zero-order valence-electron chi connectivity index (χ0n) is 21.2. The molecule has 2 aliphatic heterocycles. The Balaban J connectivity index is 2.37. The van der Waals surface area contributed by atoms with Gasteiger partial charge >= 0.3 is 12.1 Å². The third-order valence-corrected chi connectivity index (χ3v) is 12.6. The Morgan fingerprint density at radius 1 is 1.16 bits per heavy atom. The number of esters is 1. The van der Waals surface area contributed by atoms with Gasteiger partial charge in [0.05, 0.1) is 37.9 Å². The topological polar surface area (TPSA) is 74.3 Å². The van der Waals surface area contributed by atoms with E-state index in [9.17, 15) is 9.59 Å². The van der Waals surface area contributed by atoms with E-state index >= 15 is 0 Å². The van der Waals surface area contributed by atoms with Gasteiger partial charge in [-0.2, -0.15) is 0 Å². The standard InChI is InChI=1S/C23H41NO6Si2/c1-10-28-21(25)18-15-17-16-27-12-11-19(30-32(8,9)23(2,3)4)20(17)24(18)22(26)29-13-14-31(5,6)7/h11-12,16,18-20H,10,13-15H2,1-9H3/t18-,19+,20+/m1/s1. The molecule has 0 radical (unpaired) electrons. The summed E-state index contributed by atoms with van der Waals surface area (Å²) in [5, 5.41) is -0.0142. The van der Waals surface area contributed by atoms with Gasteiger partial charge in [0.15, 0.2) is 8.32 Å². The number of hydrogen-bond donors (Lipinski definition) is 0. The van der Waals surface area contributed by atoms with Crippen LogP contribution in [0.5, 0.6) is 0 Å². The van der Waals surface area contributed by atoms with E-state index in [1.807, 2.05) is 6.08 Å². The Morgan fingerprint density at radius 3 is 2.38 bits per heavy atom. The monoisotopic (exact) mass is 483 g/mol. The Hall–Kier alpha value is -1.59. The maximum absolute atomic E-state index is 13.3. The zero-order valence-corrected chi connectivity index (χ0v) is 23.2. The molecule has 182 valence electrons. The average Bonchev–Trinajstić information content (AvgIpc) is 2.92. The summed E-state index contributed by atoms with van der Waals surface area (Å²) in [5.74, 6) is -0.432. The fourth-order valence-electron chi connectivity index (χ4n) is 3.47. The van der Waals surface area contributed by atoms with Crippen LogP contribution < -0.4 is 0 Å². The Morgan fingerprint density at radius 2 is 1.81 bits per heavy atom. The van der Waals surface area contributed by atoms with E-state index in [1.165, 1.54) is 4.90 Å². The molecule has 1 saturated heterocycles. The lowest BCUT2D eigenvalue weighted by atomic mass is 10.0. The second-order valence-corrected chi connectivity index (χ2v) is 21.6. The maximum Gasteiger partial charge on any atom is 0.411 e. The smallest absolute Gasteiger partial charge is 0.411 e. The fraction of sp³-hybridized carbons (Fsp3) is 0.739. The first-order valence-corrected chi connectivity index (χ1v) is 18.1. The molecule has 9 heteroatoms. The van der Waals surface area contributed by atoms with Gasteiger partial charge in [-0.3, -0.25) is 4.90 Å². The van der Waals surface area contributed by atoms with E-state index in [0.29, 0.717) is 13.0 Å². The van der Waals surface area contributed by atoms with Crippen LogP contribution in [-0.4, -0.2) is 64.8 Å². The van der Waals surface area contributed by atoms with E-state index in [0.717, 1.165) is 11.6 Å². The molecule has 0 N–H and O–H groups in total. The van der Waals surface area contributed by atoms with Crippen molar-refractivity contribution in [1.29, 1.82) is 0 Å². The van der Waals surface area contributed by atoms with E-state index in [1.54, 1.807) is 19.4 Å². The molecular weight excluding hydrogens is 442 g/mol.